The molecule has 0 bridgehead atoms. The first-order chi connectivity index (χ1) is 9.25. The Bertz CT molecular complexity index is 597. The molecule has 2 aromatic carbocycles. The van der Waals surface area contributed by atoms with Crippen molar-refractivity contribution >= 4 is 28.5 Å². The lowest BCUT2D eigenvalue weighted by Gasteiger charge is -2.17. The maximum absolute atomic E-state index is 12.2. The molecule has 1 aliphatic rings. The van der Waals surface area contributed by atoms with Crippen LogP contribution in [0.5, 0.6) is 0 Å². The molecule has 0 aliphatic heterocycles. The van der Waals surface area contributed by atoms with Crippen LogP contribution in [0.2, 0.25) is 0 Å². The SMILES string of the molecule is O=C(N[C@@H]1c2ccccc2C[C@@H]1I)c1ccccc1. The third-order valence-corrected chi connectivity index (χ3v) is 4.65. The number of fused-ring (bicyclic) bond motifs is 1. The van der Waals surface area contributed by atoms with Crippen LogP contribution in [0, 0.1) is 0 Å². The number of carbonyl (C=O) groups excluding carboxylic acids is 1. The zero-order valence-corrected chi connectivity index (χ0v) is 12.5. The lowest BCUT2D eigenvalue weighted by molar-refractivity contribution is 0.0938. The maximum Gasteiger partial charge on any atom is 0.251 e. The Hall–Kier alpha value is -1.36. The number of hydrogen-bond donors (Lipinski definition) is 1. The molecule has 0 heterocycles. The molecule has 1 amide bonds. The maximum atomic E-state index is 12.2. The van der Waals surface area contributed by atoms with Crippen LogP contribution in [0.1, 0.15) is 27.5 Å². The fraction of sp³-hybridized carbons (Fsp3) is 0.188. The monoisotopic (exact) mass is 363 g/mol. The average Bonchev–Trinajstić information content (AvgIpc) is 2.76. The number of rotatable bonds is 2. The molecule has 0 aromatic heterocycles. The number of benzene rings is 2. The molecule has 2 nitrogen and oxygen atoms in total. The molecule has 0 radical (unpaired) electrons. The van der Waals surface area contributed by atoms with E-state index in [1.54, 1.807) is 0 Å². The topological polar surface area (TPSA) is 29.1 Å². The first-order valence-electron chi connectivity index (χ1n) is 6.33. The third kappa shape index (κ3) is 2.52. The van der Waals surface area contributed by atoms with Crippen molar-refractivity contribution in [3.8, 4) is 0 Å². The predicted molar refractivity (Wildman–Crippen MR) is 84.6 cm³/mol. The fourth-order valence-corrected chi connectivity index (χ4v) is 3.57. The van der Waals surface area contributed by atoms with Crippen LogP contribution in [0.3, 0.4) is 0 Å². The van der Waals surface area contributed by atoms with E-state index in [0.717, 1.165) is 12.0 Å². The van der Waals surface area contributed by atoms with E-state index in [2.05, 4.69) is 46.1 Å². The van der Waals surface area contributed by atoms with Crippen LogP contribution in [-0.4, -0.2) is 9.83 Å². The van der Waals surface area contributed by atoms with Gasteiger partial charge in [0.25, 0.3) is 5.91 Å². The molecule has 96 valence electrons. The molecule has 2 atom stereocenters. The third-order valence-electron chi connectivity index (χ3n) is 3.49. The van der Waals surface area contributed by atoms with Gasteiger partial charge in [0.05, 0.1) is 6.04 Å². The summed E-state index contributed by atoms with van der Waals surface area (Å²) in [6.45, 7) is 0. The number of nitrogens with one attached hydrogen (secondary N) is 1. The second kappa shape index (κ2) is 5.33. The highest BCUT2D eigenvalue weighted by Gasteiger charge is 2.31. The second-order valence-electron chi connectivity index (χ2n) is 4.74. The van der Waals surface area contributed by atoms with Gasteiger partial charge >= 0.3 is 0 Å². The molecule has 0 saturated heterocycles. The molecule has 0 fully saturated rings. The van der Waals surface area contributed by atoms with Crippen LogP contribution in [-0.2, 0) is 6.42 Å². The number of amides is 1. The summed E-state index contributed by atoms with van der Waals surface area (Å²) in [5.41, 5.74) is 3.32. The molecule has 3 rings (SSSR count). The van der Waals surface area contributed by atoms with Gasteiger partial charge in [-0.1, -0.05) is 65.1 Å². The number of halogens is 1. The zero-order valence-electron chi connectivity index (χ0n) is 10.3. The molecule has 1 N–H and O–H groups in total. The van der Waals surface area contributed by atoms with Crippen molar-refractivity contribution in [2.24, 2.45) is 0 Å². The highest BCUT2D eigenvalue weighted by atomic mass is 127. The van der Waals surface area contributed by atoms with Crippen molar-refractivity contribution in [1.82, 2.24) is 5.32 Å². The predicted octanol–water partition coefficient (Wildman–Crippen LogP) is 3.52. The summed E-state index contributed by atoms with van der Waals surface area (Å²) >= 11 is 2.43. The Morgan fingerprint density at radius 2 is 1.74 bits per heavy atom. The van der Waals surface area contributed by atoms with Gasteiger partial charge in [-0.15, -0.1) is 0 Å². The minimum Gasteiger partial charge on any atom is -0.344 e. The first kappa shape index (κ1) is 12.7. The minimum atomic E-state index is 0.00368. The van der Waals surface area contributed by atoms with Gasteiger partial charge in [-0.2, -0.15) is 0 Å². The largest absolute Gasteiger partial charge is 0.344 e. The van der Waals surface area contributed by atoms with Crippen molar-refractivity contribution in [3.05, 3.63) is 71.3 Å². The van der Waals surface area contributed by atoms with E-state index in [1.165, 1.54) is 11.1 Å². The first-order valence-corrected chi connectivity index (χ1v) is 7.58. The molecule has 0 spiro atoms. The van der Waals surface area contributed by atoms with E-state index < -0.39 is 0 Å². The van der Waals surface area contributed by atoms with Gasteiger partial charge in [-0.25, -0.2) is 0 Å². The Labute approximate surface area is 126 Å². The Kier molecular flexibility index (Phi) is 3.55. The van der Waals surface area contributed by atoms with Crippen molar-refractivity contribution in [2.45, 2.75) is 16.4 Å². The molecule has 2 aromatic rings. The van der Waals surface area contributed by atoms with Crippen LogP contribution in [0.15, 0.2) is 54.6 Å². The summed E-state index contributed by atoms with van der Waals surface area (Å²) < 4.78 is 0.419. The lowest BCUT2D eigenvalue weighted by atomic mass is 10.1. The smallest absolute Gasteiger partial charge is 0.251 e. The van der Waals surface area contributed by atoms with Crippen molar-refractivity contribution in [3.63, 3.8) is 0 Å². The summed E-state index contributed by atoms with van der Waals surface area (Å²) in [7, 11) is 0. The van der Waals surface area contributed by atoms with Gasteiger partial charge in [-0.3, -0.25) is 4.79 Å². The van der Waals surface area contributed by atoms with E-state index in [4.69, 9.17) is 0 Å². The van der Waals surface area contributed by atoms with Gasteiger partial charge < -0.3 is 5.32 Å². The van der Waals surface area contributed by atoms with E-state index in [9.17, 15) is 4.79 Å². The van der Waals surface area contributed by atoms with Gasteiger partial charge in [0.2, 0.25) is 0 Å². The van der Waals surface area contributed by atoms with Gasteiger partial charge in [-0.05, 0) is 29.7 Å². The highest BCUT2D eigenvalue weighted by Crippen LogP contribution is 2.36. The van der Waals surface area contributed by atoms with E-state index in [1.807, 2.05) is 36.4 Å². The lowest BCUT2D eigenvalue weighted by Crippen LogP contribution is -2.31. The second-order valence-corrected chi connectivity index (χ2v) is 6.34. The molecular formula is C16H14INO. The number of carbonyl (C=O) groups is 1. The molecule has 0 saturated carbocycles. The normalized spacial score (nSPS) is 20.9. The standard InChI is InChI=1S/C16H14INO/c17-14-10-12-8-4-5-9-13(12)15(14)18-16(19)11-6-2-1-3-7-11/h1-9,14-15H,10H2,(H,18,19)/t14-,15+/m0/s1. The van der Waals surface area contributed by atoms with Gasteiger partial charge in [0.15, 0.2) is 0 Å². The molecule has 19 heavy (non-hydrogen) atoms. The summed E-state index contributed by atoms with van der Waals surface area (Å²) in [5.74, 6) is 0.00368. The Balaban J connectivity index is 1.82. The molecule has 0 unspecified atom stereocenters. The van der Waals surface area contributed by atoms with Gasteiger partial charge in [0, 0.05) is 9.49 Å². The van der Waals surface area contributed by atoms with Crippen molar-refractivity contribution < 1.29 is 4.79 Å². The fourth-order valence-electron chi connectivity index (χ4n) is 2.53. The highest BCUT2D eigenvalue weighted by molar-refractivity contribution is 14.1. The number of hydrogen-bond acceptors (Lipinski definition) is 1. The molecular weight excluding hydrogens is 349 g/mol. The van der Waals surface area contributed by atoms with Crippen LogP contribution < -0.4 is 5.32 Å². The van der Waals surface area contributed by atoms with Crippen molar-refractivity contribution in [1.29, 1.82) is 0 Å². The summed E-state index contributed by atoms with van der Waals surface area (Å²) in [6.07, 6.45) is 1.02. The Morgan fingerprint density at radius 1 is 1.05 bits per heavy atom. The molecule has 3 heteroatoms. The van der Waals surface area contributed by atoms with Crippen LogP contribution >= 0.6 is 22.6 Å². The van der Waals surface area contributed by atoms with E-state index in [0.29, 0.717) is 3.92 Å². The zero-order chi connectivity index (χ0) is 13.2. The molecule has 1 aliphatic carbocycles. The van der Waals surface area contributed by atoms with Crippen molar-refractivity contribution in [2.75, 3.05) is 0 Å². The van der Waals surface area contributed by atoms with Crippen LogP contribution in [0.4, 0.5) is 0 Å². The summed E-state index contributed by atoms with van der Waals surface area (Å²) in [5, 5.41) is 3.15. The van der Waals surface area contributed by atoms with Gasteiger partial charge in [0.1, 0.15) is 0 Å². The summed E-state index contributed by atoms with van der Waals surface area (Å²) in [4.78, 5) is 12.2. The minimum absolute atomic E-state index is 0.00368. The number of alkyl halides is 1. The van der Waals surface area contributed by atoms with Crippen LogP contribution in [0.25, 0.3) is 0 Å². The quantitative estimate of drug-likeness (QED) is 0.642. The van der Waals surface area contributed by atoms with E-state index in [-0.39, 0.29) is 11.9 Å². The summed E-state index contributed by atoms with van der Waals surface area (Å²) in [6, 6.07) is 17.9. The van der Waals surface area contributed by atoms with E-state index >= 15 is 0 Å². The Morgan fingerprint density at radius 3 is 2.53 bits per heavy atom. The average molecular weight is 363 g/mol.